The van der Waals surface area contributed by atoms with Gasteiger partial charge in [-0.25, -0.2) is 0 Å². The van der Waals surface area contributed by atoms with Crippen molar-refractivity contribution in [1.29, 1.82) is 0 Å². The van der Waals surface area contributed by atoms with Crippen LogP contribution in [-0.2, 0) is 4.74 Å². The van der Waals surface area contributed by atoms with E-state index in [0.717, 1.165) is 36.9 Å². The van der Waals surface area contributed by atoms with Crippen LogP contribution in [0.5, 0.6) is 0 Å². The van der Waals surface area contributed by atoms with Gasteiger partial charge in [0.2, 0.25) is 0 Å². The first-order valence-corrected chi connectivity index (χ1v) is 8.04. The van der Waals surface area contributed by atoms with Crippen molar-refractivity contribution in [3.8, 4) is 0 Å². The number of nitrogens with zero attached hydrogens (tertiary/aromatic N) is 2. The largest absolute Gasteiger partial charge is 0.375 e. The Kier molecular flexibility index (Phi) is 3.65. The molecule has 2 bridgehead atoms. The molecule has 0 aromatic carbocycles. The molecule has 0 radical (unpaired) electrons. The van der Waals surface area contributed by atoms with E-state index < -0.39 is 0 Å². The van der Waals surface area contributed by atoms with Crippen LogP contribution in [0.4, 0.5) is 0 Å². The highest BCUT2D eigenvalue weighted by atomic mass is 16.5. The number of rotatable bonds is 3. The van der Waals surface area contributed by atoms with Gasteiger partial charge in [-0.3, -0.25) is 4.90 Å². The fraction of sp³-hybridized carbons (Fsp3) is 1.00. The lowest BCUT2D eigenvalue weighted by Gasteiger charge is -2.38. The van der Waals surface area contributed by atoms with E-state index in [1.807, 2.05) is 0 Å². The molecule has 2 heterocycles. The standard InChI is InChI=1S/C16H30N2O/c1-10(2)18(5)16-11(3)6-7-12(16)15-13-9-19-14(15)8-17(13)4/h10-16H,6-9H2,1-5H3/t11-,12?,13?,14?,15?,16-/m0/s1. The Hall–Kier alpha value is -0.120. The predicted octanol–water partition coefficient (Wildman–Crippen LogP) is 2.07. The Morgan fingerprint density at radius 2 is 2.00 bits per heavy atom. The van der Waals surface area contributed by atoms with Gasteiger partial charge in [-0.15, -0.1) is 0 Å². The summed E-state index contributed by atoms with van der Waals surface area (Å²) in [5.74, 6) is 2.45. The van der Waals surface area contributed by atoms with Crippen LogP contribution >= 0.6 is 0 Å². The van der Waals surface area contributed by atoms with Crippen molar-refractivity contribution in [2.45, 2.75) is 57.8 Å². The normalized spacial score (nSPS) is 46.9. The van der Waals surface area contributed by atoms with Crippen LogP contribution in [0.1, 0.15) is 33.6 Å². The molecule has 3 nitrogen and oxygen atoms in total. The highest BCUT2D eigenvalue weighted by Gasteiger charge is 2.54. The average Bonchev–Trinajstić information content (AvgIpc) is 2.99. The molecule has 3 heteroatoms. The van der Waals surface area contributed by atoms with E-state index >= 15 is 0 Å². The van der Waals surface area contributed by atoms with Crippen LogP contribution in [0.25, 0.3) is 0 Å². The minimum Gasteiger partial charge on any atom is -0.375 e. The van der Waals surface area contributed by atoms with Gasteiger partial charge in [0.15, 0.2) is 0 Å². The summed E-state index contributed by atoms with van der Waals surface area (Å²) in [7, 11) is 4.60. The monoisotopic (exact) mass is 266 g/mol. The Labute approximate surface area is 118 Å². The first kappa shape index (κ1) is 13.8. The molecular weight excluding hydrogens is 236 g/mol. The molecule has 0 amide bonds. The Bertz CT molecular complexity index is 333. The van der Waals surface area contributed by atoms with Crippen LogP contribution in [0.3, 0.4) is 0 Å². The molecule has 6 atom stereocenters. The maximum Gasteiger partial charge on any atom is 0.0749 e. The van der Waals surface area contributed by atoms with Gasteiger partial charge in [-0.1, -0.05) is 6.92 Å². The van der Waals surface area contributed by atoms with Crippen molar-refractivity contribution < 1.29 is 4.74 Å². The van der Waals surface area contributed by atoms with E-state index in [9.17, 15) is 0 Å². The third kappa shape index (κ3) is 2.14. The Morgan fingerprint density at radius 3 is 2.53 bits per heavy atom. The maximum absolute atomic E-state index is 6.01. The molecule has 0 N–H and O–H groups in total. The number of hydrogen-bond donors (Lipinski definition) is 0. The molecule has 0 spiro atoms. The van der Waals surface area contributed by atoms with Crippen molar-refractivity contribution in [1.82, 2.24) is 9.80 Å². The highest BCUT2D eigenvalue weighted by Crippen LogP contribution is 2.47. The number of likely N-dealkylation sites (N-methyl/N-ethyl adjacent to an activating group) is 1. The number of fused-ring (bicyclic) bond motifs is 2. The number of likely N-dealkylation sites (tertiary alicyclic amines) is 1. The number of hydrogen-bond acceptors (Lipinski definition) is 3. The summed E-state index contributed by atoms with van der Waals surface area (Å²) >= 11 is 0. The van der Waals surface area contributed by atoms with Crippen LogP contribution in [0.15, 0.2) is 0 Å². The van der Waals surface area contributed by atoms with Crippen molar-refractivity contribution in [3.05, 3.63) is 0 Å². The van der Waals surface area contributed by atoms with Gasteiger partial charge in [0.25, 0.3) is 0 Å². The zero-order valence-corrected chi connectivity index (χ0v) is 13.2. The van der Waals surface area contributed by atoms with Gasteiger partial charge < -0.3 is 9.64 Å². The van der Waals surface area contributed by atoms with Gasteiger partial charge in [0.05, 0.1) is 12.7 Å². The maximum atomic E-state index is 6.01. The van der Waals surface area contributed by atoms with E-state index in [0.29, 0.717) is 18.2 Å². The third-order valence-electron chi connectivity index (χ3n) is 6.14. The van der Waals surface area contributed by atoms with Crippen LogP contribution in [0, 0.1) is 17.8 Å². The molecule has 1 saturated carbocycles. The topological polar surface area (TPSA) is 15.7 Å². The summed E-state index contributed by atoms with van der Waals surface area (Å²) in [6.45, 7) is 9.22. The van der Waals surface area contributed by atoms with E-state index in [1.165, 1.54) is 12.8 Å². The van der Waals surface area contributed by atoms with Crippen LogP contribution < -0.4 is 0 Å². The molecule has 0 aromatic heterocycles. The molecular formula is C16H30N2O. The Morgan fingerprint density at radius 1 is 1.26 bits per heavy atom. The molecule has 3 rings (SSSR count). The molecule has 110 valence electrons. The second kappa shape index (κ2) is 5.01. The zero-order chi connectivity index (χ0) is 13.7. The summed E-state index contributed by atoms with van der Waals surface area (Å²) in [5, 5.41) is 0. The molecule has 4 unspecified atom stereocenters. The first-order chi connectivity index (χ1) is 9.00. The van der Waals surface area contributed by atoms with E-state index in [1.54, 1.807) is 0 Å². The van der Waals surface area contributed by atoms with E-state index in [2.05, 4.69) is 44.7 Å². The minimum atomic E-state index is 0.508. The summed E-state index contributed by atoms with van der Waals surface area (Å²) in [5.41, 5.74) is 0. The summed E-state index contributed by atoms with van der Waals surface area (Å²) in [6, 6.07) is 2.08. The Balaban J connectivity index is 1.80. The third-order valence-corrected chi connectivity index (χ3v) is 6.14. The van der Waals surface area contributed by atoms with Gasteiger partial charge >= 0.3 is 0 Å². The zero-order valence-electron chi connectivity index (χ0n) is 13.2. The second-order valence-corrected chi connectivity index (χ2v) is 7.42. The lowest BCUT2D eigenvalue weighted by Crippen LogP contribution is -2.46. The predicted molar refractivity (Wildman–Crippen MR) is 78.2 cm³/mol. The fourth-order valence-corrected chi connectivity index (χ4v) is 4.95. The molecule has 19 heavy (non-hydrogen) atoms. The SMILES string of the molecule is CC(C)N(C)[C@@H]1C(C2C3CN(C)C2CO3)CC[C@@H]1C. The highest BCUT2D eigenvalue weighted by molar-refractivity contribution is 5.06. The molecule has 3 fully saturated rings. The number of morpholine rings is 1. The molecule has 2 saturated heterocycles. The lowest BCUT2D eigenvalue weighted by atomic mass is 9.81. The smallest absolute Gasteiger partial charge is 0.0749 e. The molecule has 1 aliphatic carbocycles. The van der Waals surface area contributed by atoms with Gasteiger partial charge in [-0.2, -0.15) is 0 Å². The summed E-state index contributed by atoms with van der Waals surface area (Å²) in [4.78, 5) is 5.16. The second-order valence-electron chi connectivity index (χ2n) is 7.42. The van der Waals surface area contributed by atoms with Crippen LogP contribution in [-0.4, -0.2) is 61.3 Å². The molecule has 0 aromatic rings. The number of ether oxygens (including phenoxy) is 1. The molecule has 3 aliphatic rings. The van der Waals surface area contributed by atoms with E-state index in [4.69, 9.17) is 4.74 Å². The van der Waals surface area contributed by atoms with Crippen LogP contribution in [0.2, 0.25) is 0 Å². The summed E-state index contributed by atoms with van der Waals surface area (Å²) in [6.07, 6.45) is 3.30. The first-order valence-electron chi connectivity index (χ1n) is 8.04. The van der Waals surface area contributed by atoms with E-state index in [-0.39, 0.29) is 0 Å². The van der Waals surface area contributed by atoms with Gasteiger partial charge in [0.1, 0.15) is 0 Å². The minimum absolute atomic E-state index is 0.508. The van der Waals surface area contributed by atoms with Crippen molar-refractivity contribution >= 4 is 0 Å². The lowest BCUT2D eigenvalue weighted by molar-refractivity contribution is 0.0317. The molecule has 2 aliphatic heterocycles. The van der Waals surface area contributed by atoms with Crippen molar-refractivity contribution in [2.24, 2.45) is 17.8 Å². The van der Waals surface area contributed by atoms with Crippen molar-refractivity contribution in [3.63, 3.8) is 0 Å². The average molecular weight is 266 g/mol. The fourth-order valence-electron chi connectivity index (χ4n) is 4.95. The van der Waals surface area contributed by atoms with Crippen molar-refractivity contribution in [2.75, 3.05) is 27.2 Å². The van der Waals surface area contributed by atoms with Gasteiger partial charge in [0, 0.05) is 30.6 Å². The van der Waals surface area contributed by atoms with Gasteiger partial charge in [-0.05, 0) is 52.6 Å². The quantitative estimate of drug-likeness (QED) is 0.778. The summed E-state index contributed by atoms with van der Waals surface area (Å²) < 4.78 is 6.01.